The van der Waals surface area contributed by atoms with E-state index in [2.05, 4.69) is 0 Å². The smallest absolute Gasteiger partial charge is 0.303 e. The minimum Gasteiger partial charge on any atom is -0.462 e. The van der Waals surface area contributed by atoms with Crippen LogP contribution in [0.25, 0.3) is 0 Å². The first kappa shape index (κ1) is 27.0. The number of allylic oxidation sites excluding steroid dienone is 1. The van der Waals surface area contributed by atoms with E-state index in [1.165, 1.54) is 20.8 Å². The maximum Gasteiger partial charge on any atom is 0.303 e. The summed E-state index contributed by atoms with van der Waals surface area (Å²) in [5.74, 6) is -3.40. The molecule has 0 spiro atoms. The number of fused-ring (bicyclic) bond motifs is 3. The molecule has 3 rings (SSSR count). The van der Waals surface area contributed by atoms with Crippen LogP contribution in [0.4, 0.5) is 0 Å². The molecular formula is C26H36O9. The second-order valence-corrected chi connectivity index (χ2v) is 11.1. The first-order chi connectivity index (χ1) is 16.2. The lowest BCUT2D eigenvalue weighted by Crippen LogP contribution is -2.63. The summed E-state index contributed by atoms with van der Waals surface area (Å²) in [6.07, 6.45) is -1.80. The Hall–Kier alpha value is -2.55. The molecule has 9 nitrogen and oxygen atoms in total. The molecule has 3 aliphatic rings. The van der Waals surface area contributed by atoms with E-state index in [0.29, 0.717) is 23.9 Å². The summed E-state index contributed by atoms with van der Waals surface area (Å²) in [7, 11) is 0. The number of ether oxygens (including phenoxy) is 3. The van der Waals surface area contributed by atoms with Crippen LogP contribution in [0.15, 0.2) is 11.1 Å². The highest BCUT2D eigenvalue weighted by molar-refractivity contribution is 5.97. The predicted molar refractivity (Wildman–Crippen MR) is 123 cm³/mol. The Bertz CT molecular complexity index is 979. The fourth-order valence-corrected chi connectivity index (χ4v) is 7.13. The molecule has 7 atom stereocenters. The average Bonchev–Trinajstić information content (AvgIpc) is 3.05. The minimum absolute atomic E-state index is 0.0538. The van der Waals surface area contributed by atoms with Crippen LogP contribution in [-0.2, 0) is 38.2 Å². The highest BCUT2D eigenvalue weighted by Crippen LogP contribution is 2.64. The van der Waals surface area contributed by atoms with E-state index in [1.54, 1.807) is 6.92 Å². The molecule has 1 N–H and O–H groups in total. The summed E-state index contributed by atoms with van der Waals surface area (Å²) < 4.78 is 17.6. The Morgan fingerprint density at radius 1 is 1.00 bits per heavy atom. The van der Waals surface area contributed by atoms with Crippen molar-refractivity contribution < 1.29 is 43.3 Å². The van der Waals surface area contributed by atoms with Crippen LogP contribution in [0.3, 0.4) is 0 Å². The lowest BCUT2D eigenvalue weighted by Gasteiger charge is -2.57. The van der Waals surface area contributed by atoms with Gasteiger partial charge in [-0.3, -0.25) is 19.2 Å². The number of aliphatic hydroxyl groups excluding tert-OH is 1. The summed E-state index contributed by atoms with van der Waals surface area (Å²) in [4.78, 5) is 62.8. The highest BCUT2D eigenvalue weighted by Gasteiger charge is 2.69. The van der Waals surface area contributed by atoms with Crippen LogP contribution in [0, 0.1) is 28.1 Å². The van der Waals surface area contributed by atoms with Crippen LogP contribution in [0.2, 0.25) is 0 Å². The highest BCUT2D eigenvalue weighted by atomic mass is 16.6. The van der Waals surface area contributed by atoms with Gasteiger partial charge in [-0.2, -0.15) is 0 Å². The van der Waals surface area contributed by atoms with Crippen LogP contribution in [-0.4, -0.2) is 60.0 Å². The number of hydrogen-bond acceptors (Lipinski definition) is 9. The zero-order valence-corrected chi connectivity index (χ0v) is 21.5. The van der Waals surface area contributed by atoms with Crippen molar-refractivity contribution in [3.05, 3.63) is 11.1 Å². The molecule has 2 saturated carbocycles. The lowest BCUT2D eigenvalue weighted by molar-refractivity contribution is -0.203. The first-order valence-corrected chi connectivity index (χ1v) is 12.0. The molecule has 9 heteroatoms. The second kappa shape index (κ2) is 9.15. The number of ketones is 1. The quantitative estimate of drug-likeness (QED) is 0.349. The Kier molecular flexibility index (Phi) is 7.07. The number of aliphatic hydroxyl groups is 1. The van der Waals surface area contributed by atoms with Gasteiger partial charge in [0.25, 0.3) is 0 Å². The van der Waals surface area contributed by atoms with Crippen LogP contribution in [0.1, 0.15) is 67.7 Å². The number of rotatable bonds is 5. The average molecular weight is 493 g/mol. The topological polar surface area (TPSA) is 133 Å². The maximum absolute atomic E-state index is 13.3. The van der Waals surface area contributed by atoms with Crippen LogP contribution < -0.4 is 0 Å². The number of carbonyl (C=O) groups excluding carboxylic acids is 5. The first-order valence-electron chi connectivity index (χ1n) is 12.0. The third kappa shape index (κ3) is 4.21. The summed E-state index contributed by atoms with van der Waals surface area (Å²) in [6, 6.07) is 0. The minimum atomic E-state index is -1.30. The van der Waals surface area contributed by atoms with Crippen molar-refractivity contribution in [3.8, 4) is 0 Å². The molecule has 0 heterocycles. The molecule has 0 aromatic heterocycles. The maximum atomic E-state index is 13.3. The molecule has 3 aliphatic carbocycles. The molecule has 0 saturated heterocycles. The van der Waals surface area contributed by atoms with E-state index < -0.39 is 70.9 Å². The molecule has 0 aromatic carbocycles. The van der Waals surface area contributed by atoms with Crippen molar-refractivity contribution in [3.63, 3.8) is 0 Å². The van der Waals surface area contributed by atoms with Gasteiger partial charge in [0.05, 0.1) is 12.0 Å². The van der Waals surface area contributed by atoms with E-state index in [9.17, 15) is 29.1 Å². The second-order valence-electron chi connectivity index (χ2n) is 11.1. The Morgan fingerprint density at radius 3 is 2.06 bits per heavy atom. The number of Topliss-reactive ketones (excluding diaryl/α,β-unsaturated/α-hetero) is 1. The van der Waals surface area contributed by atoms with E-state index in [1.807, 2.05) is 20.8 Å². The monoisotopic (exact) mass is 492 g/mol. The van der Waals surface area contributed by atoms with Crippen molar-refractivity contribution >= 4 is 30.0 Å². The largest absolute Gasteiger partial charge is 0.462 e. The summed E-state index contributed by atoms with van der Waals surface area (Å²) in [6.45, 7) is 10.5. The van der Waals surface area contributed by atoms with E-state index in [4.69, 9.17) is 14.2 Å². The standard InChI is InChI=1S/C26H36O9/c1-13-18(32)10-17-20(33-14(2)29)22-25(7,8-9-26(22,11-27)12-28)23(35-16(4)31)21(34-15(3)30)19(13)24(17,5)6/h11,17,20-23,28H,8-10,12H2,1-7H3/t17-,20+,21+,22-,23-,25+,26+/m0/s1. The van der Waals surface area contributed by atoms with Crippen molar-refractivity contribution in [2.24, 2.45) is 28.1 Å². The van der Waals surface area contributed by atoms with Crippen molar-refractivity contribution in [1.29, 1.82) is 0 Å². The Morgan fingerprint density at radius 2 is 1.57 bits per heavy atom. The molecule has 0 unspecified atom stereocenters. The zero-order chi connectivity index (χ0) is 26.5. The molecule has 0 aliphatic heterocycles. The SMILES string of the molecule is CC(=O)O[C@H]1[C@@H]2[C@](C=O)(CO)CC[C@@]2(C)[C@@H](OC(C)=O)[C@H](OC(C)=O)C2=C(C)C(=O)C[C@@H]1C2(C)C. The summed E-state index contributed by atoms with van der Waals surface area (Å²) in [5, 5.41) is 10.5. The number of esters is 3. The molecule has 194 valence electrons. The predicted octanol–water partition coefficient (Wildman–Crippen LogP) is 2.32. The zero-order valence-electron chi connectivity index (χ0n) is 21.5. The summed E-state index contributed by atoms with van der Waals surface area (Å²) in [5.41, 5.74) is -2.24. The lowest BCUT2D eigenvalue weighted by atomic mass is 9.51. The molecule has 2 fully saturated rings. The van der Waals surface area contributed by atoms with Gasteiger partial charge in [-0.15, -0.1) is 0 Å². The van der Waals surface area contributed by atoms with Crippen molar-refractivity contribution in [1.82, 2.24) is 0 Å². The Labute approximate surface area is 205 Å². The number of aldehydes is 1. The van der Waals surface area contributed by atoms with Gasteiger partial charge in [0.1, 0.15) is 18.5 Å². The molecule has 0 aromatic rings. The fraction of sp³-hybridized carbons (Fsp3) is 0.731. The van der Waals surface area contributed by atoms with E-state index in [-0.39, 0.29) is 18.6 Å². The third-order valence-electron chi connectivity index (χ3n) is 8.66. The van der Waals surface area contributed by atoms with Gasteiger partial charge in [-0.05, 0) is 36.3 Å². The van der Waals surface area contributed by atoms with Gasteiger partial charge in [0, 0.05) is 44.4 Å². The summed E-state index contributed by atoms with van der Waals surface area (Å²) >= 11 is 0. The van der Waals surface area contributed by atoms with Crippen LogP contribution >= 0.6 is 0 Å². The van der Waals surface area contributed by atoms with Crippen LogP contribution in [0.5, 0.6) is 0 Å². The van der Waals surface area contributed by atoms with E-state index in [0.717, 1.165) is 0 Å². The van der Waals surface area contributed by atoms with Gasteiger partial charge in [-0.1, -0.05) is 20.8 Å². The van der Waals surface area contributed by atoms with Crippen molar-refractivity contribution in [2.45, 2.75) is 86.0 Å². The molecule has 35 heavy (non-hydrogen) atoms. The Balaban J connectivity index is 2.45. The number of carbonyl (C=O) groups is 5. The van der Waals surface area contributed by atoms with Gasteiger partial charge >= 0.3 is 17.9 Å². The van der Waals surface area contributed by atoms with Gasteiger partial charge < -0.3 is 24.1 Å². The fourth-order valence-electron chi connectivity index (χ4n) is 7.13. The van der Waals surface area contributed by atoms with E-state index >= 15 is 0 Å². The van der Waals surface area contributed by atoms with Gasteiger partial charge in [0.15, 0.2) is 11.9 Å². The van der Waals surface area contributed by atoms with Gasteiger partial charge in [0.2, 0.25) is 0 Å². The molecule has 2 bridgehead atoms. The third-order valence-corrected chi connectivity index (χ3v) is 8.66. The normalized spacial score (nSPS) is 38.1. The molecular weight excluding hydrogens is 456 g/mol. The van der Waals surface area contributed by atoms with Crippen molar-refractivity contribution in [2.75, 3.05) is 6.61 Å². The van der Waals surface area contributed by atoms with Gasteiger partial charge in [-0.25, -0.2) is 0 Å². The number of hydrogen-bond donors (Lipinski definition) is 1. The molecule has 0 radical (unpaired) electrons. The molecule has 0 amide bonds.